The topological polar surface area (TPSA) is 18.5 Å². The number of rotatable bonds is 3. The van der Waals surface area contributed by atoms with Gasteiger partial charge in [-0.05, 0) is 59.3 Å². The minimum atomic E-state index is 0.680. The van der Waals surface area contributed by atoms with Crippen LogP contribution < -0.4 is 5.32 Å². The molecule has 0 aromatic rings. The molecule has 3 nitrogen and oxygen atoms in total. The molecule has 2 heterocycles. The van der Waals surface area contributed by atoms with Gasteiger partial charge in [-0.2, -0.15) is 0 Å². The molecule has 0 bridgehead atoms. The first-order chi connectivity index (χ1) is 7.65. The summed E-state index contributed by atoms with van der Waals surface area (Å²) in [4.78, 5) is 4.91. The average Bonchev–Trinajstić information content (AvgIpc) is 2.64. The van der Waals surface area contributed by atoms with E-state index in [4.69, 9.17) is 0 Å². The molecule has 2 aliphatic heterocycles. The maximum Gasteiger partial charge on any atom is 0.0209 e. The Morgan fingerprint density at radius 1 is 1.06 bits per heavy atom. The Labute approximate surface area is 100 Å². The number of hydrogen-bond donors (Lipinski definition) is 1. The van der Waals surface area contributed by atoms with E-state index < -0.39 is 0 Å². The van der Waals surface area contributed by atoms with E-state index >= 15 is 0 Å². The molecule has 94 valence electrons. The second kappa shape index (κ2) is 5.48. The highest BCUT2D eigenvalue weighted by Gasteiger charge is 2.26. The fourth-order valence-corrected chi connectivity index (χ4v) is 3.19. The minimum absolute atomic E-state index is 0.680. The molecule has 3 unspecified atom stereocenters. The van der Waals surface area contributed by atoms with Crippen LogP contribution in [-0.2, 0) is 0 Å². The highest BCUT2D eigenvalue weighted by molar-refractivity contribution is 4.85. The van der Waals surface area contributed by atoms with Crippen molar-refractivity contribution in [2.75, 3.05) is 40.3 Å². The summed E-state index contributed by atoms with van der Waals surface area (Å²) in [5.41, 5.74) is 0. The van der Waals surface area contributed by atoms with Crippen molar-refractivity contribution in [3.63, 3.8) is 0 Å². The van der Waals surface area contributed by atoms with Crippen molar-refractivity contribution >= 4 is 0 Å². The van der Waals surface area contributed by atoms with Crippen LogP contribution in [0.1, 0.15) is 26.2 Å². The molecule has 2 saturated heterocycles. The fraction of sp³-hybridized carbons (Fsp3) is 1.00. The van der Waals surface area contributed by atoms with Gasteiger partial charge in [-0.1, -0.05) is 0 Å². The van der Waals surface area contributed by atoms with Gasteiger partial charge in [0.1, 0.15) is 0 Å². The van der Waals surface area contributed by atoms with E-state index in [1.165, 1.54) is 45.4 Å². The van der Waals surface area contributed by atoms with Crippen molar-refractivity contribution < 1.29 is 0 Å². The van der Waals surface area contributed by atoms with Crippen LogP contribution in [0.3, 0.4) is 0 Å². The molecule has 0 amide bonds. The largest absolute Gasteiger partial charge is 0.310 e. The molecule has 0 saturated carbocycles. The van der Waals surface area contributed by atoms with Gasteiger partial charge in [0.05, 0.1) is 0 Å². The number of nitrogens with one attached hydrogen (secondary N) is 1. The van der Waals surface area contributed by atoms with E-state index in [2.05, 4.69) is 36.1 Å². The van der Waals surface area contributed by atoms with Crippen molar-refractivity contribution in [1.82, 2.24) is 15.1 Å². The molecule has 0 spiro atoms. The van der Waals surface area contributed by atoms with Gasteiger partial charge in [-0.3, -0.25) is 0 Å². The van der Waals surface area contributed by atoms with Crippen molar-refractivity contribution in [2.24, 2.45) is 5.92 Å². The Morgan fingerprint density at radius 3 is 2.44 bits per heavy atom. The molecule has 3 heteroatoms. The lowest BCUT2D eigenvalue weighted by atomic mass is 9.91. The summed E-state index contributed by atoms with van der Waals surface area (Å²) in [5.74, 6) is 0.852. The maximum absolute atomic E-state index is 3.83. The zero-order valence-corrected chi connectivity index (χ0v) is 11.1. The van der Waals surface area contributed by atoms with Crippen LogP contribution in [0.4, 0.5) is 0 Å². The summed E-state index contributed by atoms with van der Waals surface area (Å²) in [6, 6.07) is 1.41. The SMILES string of the molecule is CC(NC1CCN(C)C1)C1CCCN(C)C1. The Bertz CT molecular complexity index is 219. The van der Waals surface area contributed by atoms with Crippen LogP contribution in [-0.4, -0.2) is 62.2 Å². The summed E-state index contributed by atoms with van der Waals surface area (Å²) in [5, 5.41) is 3.83. The van der Waals surface area contributed by atoms with Gasteiger partial charge in [-0.15, -0.1) is 0 Å². The van der Waals surface area contributed by atoms with E-state index in [0.29, 0.717) is 6.04 Å². The number of likely N-dealkylation sites (N-methyl/N-ethyl adjacent to an activating group) is 1. The molecular formula is C13H27N3. The van der Waals surface area contributed by atoms with Gasteiger partial charge < -0.3 is 15.1 Å². The first-order valence-electron chi connectivity index (χ1n) is 6.78. The minimum Gasteiger partial charge on any atom is -0.310 e. The van der Waals surface area contributed by atoms with E-state index in [1.54, 1.807) is 0 Å². The van der Waals surface area contributed by atoms with Crippen LogP contribution >= 0.6 is 0 Å². The molecule has 0 radical (unpaired) electrons. The van der Waals surface area contributed by atoms with Crippen LogP contribution in [0.25, 0.3) is 0 Å². The fourth-order valence-electron chi connectivity index (χ4n) is 3.19. The highest BCUT2D eigenvalue weighted by atomic mass is 15.2. The summed E-state index contributed by atoms with van der Waals surface area (Å²) in [6.45, 7) is 7.43. The zero-order chi connectivity index (χ0) is 11.5. The molecular weight excluding hydrogens is 198 g/mol. The highest BCUT2D eigenvalue weighted by Crippen LogP contribution is 2.19. The molecule has 0 aromatic heterocycles. The molecule has 2 rings (SSSR count). The molecule has 2 fully saturated rings. The number of nitrogens with zero attached hydrogens (tertiary/aromatic N) is 2. The van der Waals surface area contributed by atoms with Crippen LogP contribution in [0.5, 0.6) is 0 Å². The van der Waals surface area contributed by atoms with Gasteiger partial charge in [-0.25, -0.2) is 0 Å². The Balaban J connectivity index is 1.76. The third-order valence-electron chi connectivity index (χ3n) is 4.26. The predicted octanol–water partition coefficient (Wildman–Crippen LogP) is 1.01. The third-order valence-corrected chi connectivity index (χ3v) is 4.26. The van der Waals surface area contributed by atoms with Gasteiger partial charge in [0.15, 0.2) is 0 Å². The van der Waals surface area contributed by atoms with Crippen LogP contribution in [0.15, 0.2) is 0 Å². The zero-order valence-electron chi connectivity index (χ0n) is 11.1. The second-order valence-corrected chi connectivity index (χ2v) is 5.87. The molecule has 3 atom stereocenters. The average molecular weight is 225 g/mol. The molecule has 0 aliphatic carbocycles. The Kier molecular flexibility index (Phi) is 4.22. The van der Waals surface area contributed by atoms with Gasteiger partial charge in [0, 0.05) is 25.2 Å². The standard InChI is InChI=1S/C13H27N3/c1-11(12-5-4-7-15(2)9-12)14-13-6-8-16(3)10-13/h11-14H,4-10H2,1-3H3. The predicted molar refractivity (Wildman–Crippen MR) is 68.7 cm³/mol. The number of piperidine rings is 1. The second-order valence-electron chi connectivity index (χ2n) is 5.87. The summed E-state index contributed by atoms with van der Waals surface area (Å²) in [6.07, 6.45) is 4.10. The first-order valence-corrected chi connectivity index (χ1v) is 6.78. The van der Waals surface area contributed by atoms with Gasteiger partial charge in [0.25, 0.3) is 0 Å². The Morgan fingerprint density at radius 2 is 1.81 bits per heavy atom. The summed E-state index contributed by atoms with van der Waals surface area (Å²) >= 11 is 0. The molecule has 16 heavy (non-hydrogen) atoms. The lowest BCUT2D eigenvalue weighted by molar-refractivity contribution is 0.173. The van der Waals surface area contributed by atoms with Crippen molar-refractivity contribution in [1.29, 1.82) is 0 Å². The maximum atomic E-state index is 3.83. The van der Waals surface area contributed by atoms with Crippen molar-refractivity contribution in [3.05, 3.63) is 0 Å². The van der Waals surface area contributed by atoms with Crippen LogP contribution in [0, 0.1) is 5.92 Å². The quantitative estimate of drug-likeness (QED) is 0.773. The number of hydrogen-bond acceptors (Lipinski definition) is 3. The van der Waals surface area contributed by atoms with E-state index in [1.807, 2.05) is 0 Å². The third kappa shape index (κ3) is 3.19. The Hall–Kier alpha value is -0.120. The van der Waals surface area contributed by atoms with Gasteiger partial charge >= 0.3 is 0 Å². The normalized spacial score (nSPS) is 35.4. The lowest BCUT2D eigenvalue weighted by Gasteiger charge is -2.35. The molecule has 0 aromatic carbocycles. The first kappa shape index (κ1) is 12.3. The van der Waals surface area contributed by atoms with E-state index in [0.717, 1.165) is 12.0 Å². The summed E-state index contributed by atoms with van der Waals surface area (Å²) in [7, 11) is 4.48. The van der Waals surface area contributed by atoms with Crippen molar-refractivity contribution in [2.45, 2.75) is 38.3 Å². The number of likely N-dealkylation sites (tertiary alicyclic amines) is 2. The smallest absolute Gasteiger partial charge is 0.0209 e. The monoisotopic (exact) mass is 225 g/mol. The lowest BCUT2D eigenvalue weighted by Crippen LogP contribution is -2.47. The van der Waals surface area contributed by atoms with E-state index in [9.17, 15) is 0 Å². The molecule has 2 aliphatic rings. The molecule has 1 N–H and O–H groups in total. The van der Waals surface area contributed by atoms with E-state index in [-0.39, 0.29) is 0 Å². The van der Waals surface area contributed by atoms with Gasteiger partial charge in [0.2, 0.25) is 0 Å². The van der Waals surface area contributed by atoms with Crippen LogP contribution in [0.2, 0.25) is 0 Å². The summed E-state index contributed by atoms with van der Waals surface area (Å²) < 4.78 is 0. The van der Waals surface area contributed by atoms with Crippen molar-refractivity contribution in [3.8, 4) is 0 Å².